The number of nitro benzene ring substituents is 1. The molecule has 10 heteroatoms. The summed E-state index contributed by atoms with van der Waals surface area (Å²) in [5, 5.41) is 13.6. The number of nitrogens with zero attached hydrogens (tertiary/aromatic N) is 2. The van der Waals surface area contributed by atoms with Crippen LogP contribution in [0.1, 0.15) is 24.2 Å². The molecule has 2 aromatic rings. The minimum absolute atomic E-state index is 0.0191. The van der Waals surface area contributed by atoms with Crippen LogP contribution in [0.3, 0.4) is 0 Å². The zero-order valence-corrected chi connectivity index (χ0v) is 16.2. The highest BCUT2D eigenvalue weighted by Crippen LogP contribution is 2.28. The summed E-state index contributed by atoms with van der Waals surface area (Å²) in [6, 6.07) is 9.50. The third kappa shape index (κ3) is 4.44. The molecule has 1 amide bonds. The smallest absolute Gasteiger partial charge is 0.282 e. The fraction of sp³-hybridized carbons (Fsp3) is 0.235. The lowest BCUT2D eigenvalue weighted by Crippen LogP contribution is -2.30. The van der Waals surface area contributed by atoms with Gasteiger partial charge in [-0.3, -0.25) is 14.9 Å². The number of carbonyl (C=O) groups is 1. The zero-order chi connectivity index (χ0) is 20.2. The van der Waals surface area contributed by atoms with Crippen LogP contribution in [-0.2, 0) is 10.0 Å². The minimum atomic E-state index is -3.83. The molecule has 0 bridgehead atoms. The number of anilines is 1. The lowest BCUT2D eigenvalue weighted by molar-refractivity contribution is -0.385. The molecule has 2 aromatic carbocycles. The molecule has 1 N–H and O–H groups in total. The van der Waals surface area contributed by atoms with E-state index in [2.05, 4.69) is 5.32 Å². The molecule has 0 radical (unpaired) electrons. The molecule has 0 aliphatic heterocycles. The Labute approximate surface area is 162 Å². The van der Waals surface area contributed by atoms with E-state index in [1.807, 2.05) is 0 Å². The molecule has 0 atom stereocenters. The fourth-order valence-electron chi connectivity index (χ4n) is 2.50. The standard InChI is InChI=1S/C17H18ClN3O5S/c1-3-20(4-2)27(25,26)16-11-12(9-10-14(16)18)19-17(22)13-7-5-6-8-15(13)21(23)24/h5-11H,3-4H2,1-2H3,(H,19,22). The summed E-state index contributed by atoms with van der Waals surface area (Å²) in [5.74, 6) is -0.726. The van der Waals surface area contributed by atoms with Gasteiger partial charge in [0.1, 0.15) is 10.5 Å². The topological polar surface area (TPSA) is 110 Å². The van der Waals surface area contributed by atoms with Crippen LogP contribution < -0.4 is 5.32 Å². The molecule has 0 unspecified atom stereocenters. The average molecular weight is 412 g/mol. The molecule has 0 aromatic heterocycles. The maximum Gasteiger partial charge on any atom is 0.282 e. The molecule has 0 spiro atoms. The molecule has 27 heavy (non-hydrogen) atoms. The maximum atomic E-state index is 12.7. The van der Waals surface area contributed by atoms with E-state index in [9.17, 15) is 23.3 Å². The van der Waals surface area contributed by atoms with E-state index in [0.717, 1.165) is 0 Å². The molecular formula is C17H18ClN3O5S. The summed E-state index contributed by atoms with van der Waals surface area (Å²) in [5.41, 5.74) is -0.321. The van der Waals surface area contributed by atoms with Crippen molar-refractivity contribution in [3.05, 3.63) is 63.2 Å². The van der Waals surface area contributed by atoms with Crippen molar-refractivity contribution in [1.29, 1.82) is 0 Å². The van der Waals surface area contributed by atoms with Gasteiger partial charge in [0.25, 0.3) is 11.6 Å². The van der Waals surface area contributed by atoms with Gasteiger partial charge in [-0.2, -0.15) is 4.31 Å². The number of sulfonamides is 1. The Hall–Kier alpha value is -2.49. The highest BCUT2D eigenvalue weighted by molar-refractivity contribution is 7.89. The Bertz CT molecular complexity index is 974. The summed E-state index contributed by atoms with van der Waals surface area (Å²) in [6.45, 7) is 3.94. The van der Waals surface area contributed by atoms with Gasteiger partial charge in [-0.15, -0.1) is 0 Å². The number of rotatable bonds is 7. The van der Waals surface area contributed by atoms with Crippen molar-refractivity contribution in [3.63, 3.8) is 0 Å². The second-order valence-electron chi connectivity index (χ2n) is 5.46. The molecule has 0 aliphatic carbocycles. The Morgan fingerprint density at radius 1 is 1.19 bits per heavy atom. The van der Waals surface area contributed by atoms with Gasteiger partial charge in [-0.25, -0.2) is 8.42 Å². The van der Waals surface area contributed by atoms with Gasteiger partial charge >= 0.3 is 0 Å². The predicted octanol–water partition coefficient (Wildman–Crippen LogP) is 3.53. The first-order valence-corrected chi connectivity index (χ1v) is 9.88. The van der Waals surface area contributed by atoms with Crippen molar-refractivity contribution in [2.24, 2.45) is 0 Å². The first kappa shape index (κ1) is 20.8. The van der Waals surface area contributed by atoms with Gasteiger partial charge in [0.05, 0.1) is 9.95 Å². The van der Waals surface area contributed by atoms with E-state index >= 15 is 0 Å². The second-order valence-corrected chi connectivity index (χ2v) is 7.78. The number of hydrogen-bond acceptors (Lipinski definition) is 5. The van der Waals surface area contributed by atoms with Gasteiger partial charge in [0.2, 0.25) is 10.0 Å². The van der Waals surface area contributed by atoms with Gasteiger partial charge in [-0.05, 0) is 24.3 Å². The van der Waals surface area contributed by atoms with E-state index in [0.29, 0.717) is 0 Å². The third-order valence-electron chi connectivity index (χ3n) is 3.86. The molecule has 0 heterocycles. The van der Waals surface area contributed by atoms with Crippen molar-refractivity contribution >= 4 is 38.9 Å². The van der Waals surface area contributed by atoms with E-state index < -0.39 is 20.9 Å². The first-order chi connectivity index (χ1) is 12.7. The fourth-order valence-corrected chi connectivity index (χ4v) is 4.46. The van der Waals surface area contributed by atoms with Gasteiger partial charge in [0, 0.05) is 24.8 Å². The molecule has 8 nitrogen and oxygen atoms in total. The van der Waals surface area contributed by atoms with Gasteiger partial charge in [0.15, 0.2) is 0 Å². The van der Waals surface area contributed by atoms with Crippen LogP contribution in [0.2, 0.25) is 5.02 Å². The number of halogens is 1. The SMILES string of the molecule is CCN(CC)S(=O)(=O)c1cc(NC(=O)c2ccccc2[N+](=O)[O-])ccc1Cl. The van der Waals surface area contributed by atoms with Crippen LogP contribution in [0.5, 0.6) is 0 Å². The van der Waals surface area contributed by atoms with Crippen molar-refractivity contribution in [2.45, 2.75) is 18.7 Å². The number of carbonyl (C=O) groups excluding carboxylic acids is 1. The summed E-state index contributed by atoms with van der Waals surface area (Å²) < 4.78 is 26.7. The summed E-state index contributed by atoms with van der Waals surface area (Å²) in [4.78, 5) is 22.7. The third-order valence-corrected chi connectivity index (χ3v) is 6.39. The summed E-state index contributed by atoms with van der Waals surface area (Å²) >= 11 is 6.05. The highest BCUT2D eigenvalue weighted by Gasteiger charge is 2.25. The molecule has 2 rings (SSSR count). The normalized spacial score (nSPS) is 11.4. The number of nitro groups is 1. The quantitative estimate of drug-likeness (QED) is 0.553. The molecule has 0 aliphatic rings. The molecule has 144 valence electrons. The number of benzene rings is 2. The number of nitrogens with one attached hydrogen (secondary N) is 1. The highest BCUT2D eigenvalue weighted by atomic mass is 35.5. The lowest BCUT2D eigenvalue weighted by Gasteiger charge is -2.19. The van der Waals surface area contributed by atoms with E-state index in [1.54, 1.807) is 13.8 Å². The second kappa shape index (κ2) is 8.47. The zero-order valence-electron chi connectivity index (χ0n) is 14.7. The van der Waals surface area contributed by atoms with Crippen LogP contribution >= 0.6 is 11.6 Å². The van der Waals surface area contributed by atoms with Crippen LogP contribution in [0.4, 0.5) is 11.4 Å². The minimum Gasteiger partial charge on any atom is -0.322 e. The Kier molecular flexibility index (Phi) is 6.53. The Morgan fingerprint density at radius 2 is 1.81 bits per heavy atom. The first-order valence-electron chi connectivity index (χ1n) is 8.06. The van der Waals surface area contributed by atoms with Crippen molar-refractivity contribution in [2.75, 3.05) is 18.4 Å². The van der Waals surface area contributed by atoms with Crippen LogP contribution in [0, 0.1) is 10.1 Å². The summed E-state index contributed by atoms with van der Waals surface area (Å²) in [6.07, 6.45) is 0. The van der Waals surface area contributed by atoms with E-state index in [4.69, 9.17) is 11.6 Å². The van der Waals surface area contributed by atoms with Crippen molar-refractivity contribution in [3.8, 4) is 0 Å². The Balaban J connectivity index is 2.40. The number of hydrogen-bond donors (Lipinski definition) is 1. The van der Waals surface area contributed by atoms with Crippen LogP contribution in [0.25, 0.3) is 0 Å². The largest absolute Gasteiger partial charge is 0.322 e. The van der Waals surface area contributed by atoms with E-state index in [-0.39, 0.29) is 39.9 Å². The number of amides is 1. The average Bonchev–Trinajstić information content (AvgIpc) is 2.63. The number of para-hydroxylation sites is 1. The van der Waals surface area contributed by atoms with Gasteiger partial charge < -0.3 is 5.32 Å². The van der Waals surface area contributed by atoms with E-state index in [1.165, 1.54) is 46.8 Å². The van der Waals surface area contributed by atoms with Crippen molar-refractivity contribution < 1.29 is 18.1 Å². The monoisotopic (exact) mass is 411 g/mol. The molecule has 0 fully saturated rings. The molecular weight excluding hydrogens is 394 g/mol. The molecule has 0 saturated carbocycles. The molecule has 0 saturated heterocycles. The maximum absolute atomic E-state index is 12.7. The summed E-state index contributed by atoms with van der Waals surface area (Å²) in [7, 11) is -3.83. The van der Waals surface area contributed by atoms with Crippen LogP contribution in [0.15, 0.2) is 47.4 Å². The Morgan fingerprint density at radius 3 is 2.41 bits per heavy atom. The predicted molar refractivity (Wildman–Crippen MR) is 103 cm³/mol. The van der Waals surface area contributed by atoms with Gasteiger partial charge in [-0.1, -0.05) is 37.6 Å². The lowest BCUT2D eigenvalue weighted by atomic mass is 10.1. The van der Waals surface area contributed by atoms with Crippen molar-refractivity contribution in [1.82, 2.24) is 4.31 Å². The van der Waals surface area contributed by atoms with Crippen LogP contribution in [-0.4, -0.2) is 36.6 Å².